The first-order valence-corrected chi connectivity index (χ1v) is 17.5. The molecule has 5 aliphatic carbocycles. The van der Waals surface area contributed by atoms with Crippen molar-refractivity contribution in [3.05, 3.63) is 12.2 Å². The molecule has 0 amide bonds. The van der Waals surface area contributed by atoms with Gasteiger partial charge in [0.15, 0.2) is 6.54 Å². The van der Waals surface area contributed by atoms with Crippen LogP contribution >= 0.6 is 0 Å². The van der Waals surface area contributed by atoms with Crippen LogP contribution in [0.3, 0.4) is 0 Å². The fourth-order valence-electron chi connectivity index (χ4n) is 13.2. The van der Waals surface area contributed by atoms with Gasteiger partial charge in [-0.3, -0.25) is 0 Å². The number of hydrogen-bond donors (Lipinski definition) is 1. The van der Waals surface area contributed by atoms with E-state index < -0.39 is 0 Å². The lowest BCUT2D eigenvalue weighted by molar-refractivity contribution is -0.910. The first-order chi connectivity index (χ1) is 19.7. The Hall–Kier alpha value is -0.910. The predicted molar refractivity (Wildman–Crippen MR) is 168 cm³/mol. The van der Waals surface area contributed by atoms with Gasteiger partial charge in [0, 0.05) is 12.0 Å². The molecule has 5 saturated carbocycles. The molecule has 0 aromatic heterocycles. The van der Waals surface area contributed by atoms with Crippen molar-refractivity contribution in [2.75, 3.05) is 46.5 Å². The van der Waals surface area contributed by atoms with Gasteiger partial charge in [-0.2, -0.15) is 0 Å². The van der Waals surface area contributed by atoms with Crippen molar-refractivity contribution in [3.8, 4) is 0 Å². The molecule has 0 aromatic carbocycles. The second kappa shape index (κ2) is 10.3. The van der Waals surface area contributed by atoms with E-state index in [0.717, 1.165) is 37.2 Å². The number of esters is 1. The molecule has 5 nitrogen and oxygen atoms in total. The van der Waals surface area contributed by atoms with E-state index in [4.69, 9.17) is 9.47 Å². The zero-order valence-electron chi connectivity index (χ0n) is 28.1. The van der Waals surface area contributed by atoms with Crippen molar-refractivity contribution < 1.29 is 23.9 Å². The number of rotatable bonds is 5. The van der Waals surface area contributed by atoms with Gasteiger partial charge in [-0.05, 0) is 122 Å². The molecule has 238 valence electrons. The van der Waals surface area contributed by atoms with Crippen molar-refractivity contribution in [1.82, 2.24) is 0 Å². The van der Waals surface area contributed by atoms with Crippen molar-refractivity contribution in [1.29, 1.82) is 0 Å². The summed E-state index contributed by atoms with van der Waals surface area (Å²) in [5.74, 6) is 3.08. The lowest BCUT2D eigenvalue weighted by Gasteiger charge is -2.73. The first kappa shape index (κ1) is 31.1. The minimum atomic E-state index is -0.0273. The van der Waals surface area contributed by atoms with Crippen LogP contribution in [0.1, 0.15) is 106 Å². The molecular weight excluding hydrogens is 522 g/mol. The summed E-state index contributed by atoms with van der Waals surface area (Å²) >= 11 is 0. The van der Waals surface area contributed by atoms with E-state index >= 15 is 0 Å². The summed E-state index contributed by atoms with van der Waals surface area (Å²) in [5, 5.41) is 10.8. The molecular formula is C37H62NO4+. The number of morpholine rings is 1. The van der Waals surface area contributed by atoms with Crippen molar-refractivity contribution in [2.24, 2.45) is 56.7 Å². The van der Waals surface area contributed by atoms with E-state index in [1.165, 1.54) is 63.4 Å². The van der Waals surface area contributed by atoms with Crippen LogP contribution in [0.25, 0.3) is 0 Å². The lowest BCUT2D eigenvalue weighted by atomic mass is 9.32. The minimum Gasteiger partial charge on any atom is -0.458 e. The van der Waals surface area contributed by atoms with Gasteiger partial charge in [-0.25, -0.2) is 4.79 Å². The van der Waals surface area contributed by atoms with Crippen LogP contribution in [0, 0.1) is 56.7 Å². The molecule has 6 unspecified atom stereocenters. The van der Waals surface area contributed by atoms with Gasteiger partial charge >= 0.3 is 5.97 Å². The van der Waals surface area contributed by atoms with Crippen LogP contribution in [-0.2, 0) is 14.3 Å². The van der Waals surface area contributed by atoms with E-state index in [1.807, 2.05) is 0 Å². The minimum absolute atomic E-state index is 0.00154. The SMILES string of the molecule is C=C(C)C1CC[C@]2(CO)CC[C@]3(C)C(CCC4[C@@]5(C)CCC(OC(=O)C[N+]6(C)CCOCC6)C(C)(C)C5CC[C@]43C)C12. The van der Waals surface area contributed by atoms with E-state index in [0.29, 0.717) is 53.6 Å². The second-order valence-corrected chi connectivity index (χ2v) is 17.9. The Morgan fingerprint density at radius 1 is 0.905 bits per heavy atom. The summed E-state index contributed by atoms with van der Waals surface area (Å²) in [6.45, 7) is 23.6. The topological polar surface area (TPSA) is 55.8 Å². The van der Waals surface area contributed by atoms with E-state index in [-0.39, 0.29) is 28.3 Å². The third-order valence-electron chi connectivity index (χ3n) is 15.8. The number of nitrogens with zero attached hydrogens (tertiary/aromatic N) is 1. The standard InChI is InChI=1S/C37H62NO4/c1-25(2)26-11-16-37(24-39)18-17-35(6)27(32(26)37)9-10-29-34(5)14-13-30(33(3,4)28(34)12-15-36(29,35)7)42-31(40)23-38(8)19-21-41-22-20-38/h26-30,32,39H,1,9-24H2,2-8H3/q+1/t26?,27?,28?,29?,30?,32?,34-,35+,36+,37+/m0/s1. The van der Waals surface area contributed by atoms with Crippen molar-refractivity contribution >= 4 is 5.97 Å². The Balaban J connectivity index is 1.23. The number of fused-ring (bicyclic) bond motifs is 7. The molecule has 1 saturated heterocycles. The van der Waals surface area contributed by atoms with Crippen molar-refractivity contribution in [3.63, 3.8) is 0 Å². The summed E-state index contributed by atoms with van der Waals surface area (Å²) in [6.07, 6.45) is 12.1. The summed E-state index contributed by atoms with van der Waals surface area (Å²) < 4.78 is 12.7. The molecule has 0 radical (unpaired) electrons. The highest BCUT2D eigenvalue weighted by molar-refractivity contribution is 5.71. The number of ether oxygens (including phenoxy) is 2. The summed E-state index contributed by atoms with van der Waals surface area (Å²) in [5.41, 5.74) is 2.31. The molecule has 5 heteroatoms. The monoisotopic (exact) mass is 584 g/mol. The first-order valence-electron chi connectivity index (χ1n) is 17.5. The van der Waals surface area contributed by atoms with Gasteiger partial charge in [0.2, 0.25) is 0 Å². The fourth-order valence-corrected chi connectivity index (χ4v) is 13.2. The van der Waals surface area contributed by atoms with Gasteiger partial charge in [-0.15, -0.1) is 0 Å². The highest BCUT2D eigenvalue weighted by Crippen LogP contribution is 2.77. The lowest BCUT2D eigenvalue weighted by Crippen LogP contribution is -2.67. The van der Waals surface area contributed by atoms with Gasteiger partial charge in [0.05, 0.1) is 20.3 Å². The van der Waals surface area contributed by atoms with Gasteiger partial charge < -0.3 is 19.1 Å². The highest BCUT2D eigenvalue weighted by Gasteiger charge is 2.71. The van der Waals surface area contributed by atoms with E-state index in [2.05, 4.69) is 55.2 Å². The maximum atomic E-state index is 13.3. The zero-order chi connectivity index (χ0) is 30.3. The summed E-state index contributed by atoms with van der Waals surface area (Å²) in [4.78, 5) is 13.3. The molecule has 42 heavy (non-hydrogen) atoms. The maximum absolute atomic E-state index is 13.3. The Bertz CT molecular complexity index is 1080. The normalized spacial score (nSPS) is 49.1. The smallest absolute Gasteiger partial charge is 0.362 e. The molecule has 10 atom stereocenters. The van der Waals surface area contributed by atoms with Crippen LogP contribution in [-0.4, -0.2) is 68.2 Å². The van der Waals surface area contributed by atoms with Crippen LogP contribution in [0.2, 0.25) is 0 Å². The number of allylic oxidation sites excluding steroid dienone is 1. The Kier molecular flexibility index (Phi) is 7.63. The maximum Gasteiger partial charge on any atom is 0.362 e. The molecule has 0 spiro atoms. The van der Waals surface area contributed by atoms with Crippen molar-refractivity contribution in [2.45, 2.75) is 112 Å². The van der Waals surface area contributed by atoms with Gasteiger partial charge in [-0.1, -0.05) is 46.8 Å². The average molecular weight is 585 g/mol. The predicted octanol–water partition coefficient (Wildman–Crippen LogP) is 7.02. The van der Waals surface area contributed by atoms with Gasteiger partial charge in [0.1, 0.15) is 19.2 Å². The van der Waals surface area contributed by atoms with Crippen LogP contribution < -0.4 is 0 Å². The third-order valence-corrected chi connectivity index (χ3v) is 15.8. The molecule has 1 aliphatic heterocycles. The third kappa shape index (κ3) is 4.36. The number of quaternary nitrogens is 1. The van der Waals surface area contributed by atoms with E-state index in [9.17, 15) is 9.90 Å². The molecule has 6 fully saturated rings. The highest BCUT2D eigenvalue weighted by atomic mass is 16.5. The number of carbonyl (C=O) groups excluding carboxylic acids is 1. The quantitative estimate of drug-likeness (QED) is 0.214. The largest absolute Gasteiger partial charge is 0.458 e. The Morgan fingerprint density at radius 3 is 2.29 bits per heavy atom. The van der Waals surface area contributed by atoms with Crippen LogP contribution in [0.4, 0.5) is 0 Å². The second-order valence-electron chi connectivity index (χ2n) is 17.9. The average Bonchev–Trinajstić information content (AvgIpc) is 3.31. The summed E-state index contributed by atoms with van der Waals surface area (Å²) in [6, 6.07) is 0. The molecule has 1 heterocycles. The fraction of sp³-hybridized carbons (Fsp3) is 0.919. The number of aliphatic hydroxyl groups is 1. The Morgan fingerprint density at radius 2 is 1.62 bits per heavy atom. The van der Waals surface area contributed by atoms with E-state index in [1.54, 1.807) is 0 Å². The number of aliphatic hydroxyl groups excluding tert-OH is 1. The zero-order valence-corrected chi connectivity index (χ0v) is 28.1. The number of carbonyl (C=O) groups is 1. The Labute approximate surface area is 256 Å². The van der Waals surface area contributed by atoms with Crippen LogP contribution in [0.5, 0.6) is 0 Å². The number of likely N-dealkylation sites (N-methyl/N-ethyl adjacent to an activating group) is 1. The molecule has 6 rings (SSSR count). The number of hydrogen-bond acceptors (Lipinski definition) is 4. The molecule has 0 bridgehead atoms. The molecule has 0 aromatic rings. The van der Waals surface area contributed by atoms with Crippen LogP contribution in [0.15, 0.2) is 12.2 Å². The molecule has 6 aliphatic rings. The summed E-state index contributed by atoms with van der Waals surface area (Å²) in [7, 11) is 2.17. The molecule has 1 N–H and O–H groups in total. The van der Waals surface area contributed by atoms with Gasteiger partial charge in [0.25, 0.3) is 0 Å².